The summed E-state index contributed by atoms with van der Waals surface area (Å²) in [6.45, 7) is 4.87. The highest BCUT2D eigenvalue weighted by Crippen LogP contribution is 2.28. The number of phenols is 1. The zero-order valence-electron chi connectivity index (χ0n) is 43.7. The minimum Gasteiger partial charge on any atom is -0.508 e. The van der Waals surface area contributed by atoms with Crippen LogP contribution in [0.15, 0.2) is 97.1 Å². The minimum atomic E-state index is -1.68. The third-order valence-corrected chi connectivity index (χ3v) is 14.3. The fourth-order valence-electron chi connectivity index (χ4n) is 9.92. The number of hydrogen-bond acceptors (Lipinski definition) is 13. The lowest BCUT2D eigenvalue weighted by molar-refractivity contribution is -0.145. The molecule has 3 fully saturated rings. The number of aliphatic hydroxyl groups excluding tert-OH is 3. The van der Waals surface area contributed by atoms with E-state index in [1.165, 1.54) is 30.9 Å². The largest absolute Gasteiger partial charge is 0.508 e. The zero-order valence-corrected chi connectivity index (χ0v) is 43.7. The van der Waals surface area contributed by atoms with Crippen LogP contribution in [0.5, 0.6) is 11.5 Å². The third-order valence-electron chi connectivity index (χ3n) is 14.3. The molecule has 4 aromatic rings. The molecule has 0 spiro atoms. The fraction of sp³-hybridized carbons (Fsp3) is 0.456. The Morgan fingerprint density at radius 1 is 0.701 bits per heavy atom. The molecule has 11 N–H and O–H groups in total. The number of carbonyl (C=O) groups excluding carboxylic acids is 7. The highest BCUT2D eigenvalue weighted by molar-refractivity contribution is 6.00. The summed E-state index contributed by atoms with van der Waals surface area (Å²) >= 11 is 0. The topological polar surface area (TPSA) is 302 Å². The highest BCUT2D eigenvalue weighted by Gasteiger charge is 2.46. The summed E-state index contributed by atoms with van der Waals surface area (Å²) in [4.78, 5) is 101. The molecule has 0 aromatic heterocycles. The number of amides is 7. The monoisotopic (exact) mass is 1060 g/mol. The number of fused-ring (bicyclic) bond motifs is 2. The Bertz CT molecular complexity index is 2690. The van der Waals surface area contributed by atoms with E-state index < -0.39 is 102 Å². The second-order valence-electron chi connectivity index (χ2n) is 20.3. The first-order valence-corrected chi connectivity index (χ1v) is 26.5. The van der Waals surface area contributed by atoms with Crippen molar-refractivity contribution < 1.29 is 58.7 Å². The quantitative estimate of drug-likeness (QED) is 0.0811. The second kappa shape index (κ2) is 26.6. The van der Waals surface area contributed by atoms with Gasteiger partial charge in [0.15, 0.2) is 0 Å². The van der Waals surface area contributed by atoms with Crippen LogP contribution in [0.25, 0.3) is 22.3 Å². The standard InChI is InChI=1S/C57H72N8O12/c1-4-5-6-28-77-44-24-20-39(21-25-44)37-14-12-36(13-15-37)38-16-18-40(19-17-38)51(70)60-45-8-7-27-59-54(73)47-29-41(58)31-64(47)56(75)49(33(2)66)63-53(72)46(26-11-35-9-22-42(68)23-10-35)61-55(74)48-30-43(69)32-65(48)57(76)50(34(3)67)62-52(45)71/h9-10,12-25,33-34,41,43,45-50,66-69H,4-8,11,26-32,58H2,1-3H3,(H,59,73)(H,60,70)(H,61,74)(H,62,71)(H,63,72)/t33?,34-,41?,43-,45?,46?,47?,48?,49-,50?/m1/s1. The van der Waals surface area contributed by atoms with Crippen LogP contribution in [0.3, 0.4) is 0 Å². The van der Waals surface area contributed by atoms with Gasteiger partial charge in [0.1, 0.15) is 47.8 Å². The molecule has 20 heteroatoms. The number of nitrogens with one attached hydrogen (secondary N) is 5. The Labute approximate surface area is 448 Å². The molecule has 77 heavy (non-hydrogen) atoms. The summed E-state index contributed by atoms with van der Waals surface area (Å²) in [6, 6.07) is 19.7. The maximum Gasteiger partial charge on any atom is 0.251 e. The van der Waals surface area contributed by atoms with Crippen LogP contribution >= 0.6 is 0 Å². The predicted octanol–water partition coefficient (Wildman–Crippen LogP) is 2.04. The van der Waals surface area contributed by atoms with Gasteiger partial charge in [-0.05, 0) is 117 Å². The van der Waals surface area contributed by atoms with Crippen molar-refractivity contribution in [3.05, 3.63) is 108 Å². The summed E-state index contributed by atoms with van der Waals surface area (Å²) in [5.41, 5.74) is 10.9. The number of aliphatic hydroxyl groups is 3. The van der Waals surface area contributed by atoms with E-state index in [0.717, 1.165) is 52.2 Å². The number of hydrogen-bond donors (Lipinski definition) is 10. The van der Waals surface area contributed by atoms with Gasteiger partial charge in [0.25, 0.3) is 5.91 Å². The van der Waals surface area contributed by atoms with Gasteiger partial charge in [0, 0.05) is 37.7 Å². The smallest absolute Gasteiger partial charge is 0.251 e. The number of aromatic hydroxyl groups is 1. The van der Waals surface area contributed by atoms with Gasteiger partial charge in [-0.2, -0.15) is 0 Å². The number of benzene rings is 4. The van der Waals surface area contributed by atoms with Gasteiger partial charge in [0.05, 0.1) is 24.9 Å². The molecular formula is C57H72N8O12. The molecule has 3 saturated heterocycles. The van der Waals surface area contributed by atoms with Crippen molar-refractivity contribution in [2.24, 2.45) is 5.73 Å². The Morgan fingerprint density at radius 2 is 1.25 bits per heavy atom. The summed E-state index contributed by atoms with van der Waals surface area (Å²) in [7, 11) is 0. The Kier molecular flexibility index (Phi) is 19.8. The first-order valence-electron chi connectivity index (χ1n) is 26.5. The molecular weight excluding hydrogens is 989 g/mol. The van der Waals surface area contributed by atoms with Gasteiger partial charge in [-0.25, -0.2) is 0 Å². The van der Waals surface area contributed by atoms with Crippen LogP contribution < -0.4 is 37.1 Å². The SMILES string of the molecule is CCCCCOc1ccc(-c2ccc(-c3ccc(C(=O)NC4CCCNC(=O)C5CC(N)CN5C(=O)[C@@H](C(C)O)NC(=O)C(CCc5ccc(O)cc5)NC(=O)C5C[C@@H](O)CN5C(=O)C([C@@H](C)O)NC4=O)cc3)cc2)cc1. The molecule has 7 amide bonds. The molecule has 3 aliphatic rings. The number of aryl methyl sites for hydroxylation is 1. The van der Waals surface area contributed by atoms with E-state index in [9.17, 15) is 54.0 Å². The van der Waals surface area contributed by atoms with Gasteiger partial charge in [-0.1, -0.05) is 80.4 Å². The molecule has 3 heterocycles. The highest BCUT2D eigenvalue weighted by atomic mass is 16.5. The van der Waals surface area contributed by atoms with Gasteiger partial charge < -0.3 is 67.3 Å². The van der Waals surface area contributed by atoms with Crippen LogP contribution in [-0.4, -0.2) is 158 Å². The molecule has 0 bridgehead atoms. The predicted molar refractivity (Wildman–Crippen MR) is 286 cm³/mol. The van der Waals surface area contributed by atoms with Crippen LogP contribution in [-0.2, 0) is 35.2 Å². The number of carbonyl (C=O) groups is 7. The van der Waals surface area contributed by atoms with Crippen LogP contribution in [0.4, 0.5) is 0 Å². The summed E-state index contributed by atoms with van der Waals surface area (Å²) in [5.74, 6) is -4.76. The summed E-state index contributed by atoms with van der Waals surface area (Å²) in [6.07, 6.45) is -1.12. The first-order chi connectivity index (χ1) is 36.9. The fourth-order valence-corrected chi connectivity index (χ4v) is 9.92. The molecule has 7 unspecified atom stereocenters. The van der Waals surface area contributed by atoms with Gasteiger partial charge in [-0.15, -0.1) is 0 Å². The number of rotatable bonds is 14. The first kappa shape index (κ1) is 57.3. The maximum absolute atomic E-state index is 14.4. The molecule has 3 aliphatic heterocycles. The molecule has 0 saturated carbocycles. The molecule has 0 radical (unpaired) electrons. The number of nitrogens with two attached hydrogens (primary N) is 1. The van der Waals surface area contributed by atoms with Crippen LogP contribution in [0, 0.1) is 0 Å². The molecule has 0 aliphatic carbocycles. The Balaban J connectivity index is 1.11. The minimum absolute atomic E-state index is 0.00318. The number of ether oxygens (including phenoxy) is 1. The van der Waals surface area contributed by atoms with Gasteiger partial charge in [-0.3, -0.25) is 33.6 Å². The van der Waals surface area contributed by atoms with Crippen molar-refractivity contribution in [3.8, 4) is 33.8 Å². The normalized spacial score (nSPS) is 24.8. The van der Waals surface area contributed by atoms with E-state index in [1.807, 2.05) is 48.5 Å². The van der Waals surface area contributed by atoms with E-state index >= 15 is 0 Å². The van der Waals surface area contributed by atoms with E-state index in [-0.39, 0.29) is 69.5 Å². The third kappa shape index (κ3) is 15.0. The van der Waals surface area contributed by atoms with E-state index in [0.29, 0.717) is 12.2 Å². The number of phenolic OH excluding ortho intramolecular Hbond substituents is 1. The van der Waals surface area contributed by atoms with E-state index in [2.05, 4.69) is 33.5 Å². The average Bonchev–Trinajstić information content (AvgIpc) is 4.06. The number of nitrogens with zero attached hydrogens (tertiary/aromatic N) is 2. The van der Waals surface area contributed by atoms with E-state index in [1.54, 1.807) is 36.4 Å². The zero-order chi connectivity index (χ0) is 55.3. The summed E-state index contributed by atoms with van der Waals surface area (Å²) < 4.78 is 5.86. The van der Waals surface area contributed by atoms with Crippen molar-refractivity contribution in [2.45, 2.75) is 139 Å². The molecule has 4 aromatic carbocycles. The van der Waals surface area contributed by atoms with Crippen molar-refractivity contribution in [1.29, 1.82) is 0 Å². The average molecular weight is 1060 g/mol. The Hall–Kier alpha value is -7.39. The molecule has 7 rings (SSSR count). The van der Waals surface area contributed by atoms with Crippen molar-refractivity contribution in [1.82, 2.24) is 36.4 Å². The second-order valence-corrected chi connectivity index (χ2v) is 20.3. The summed E-state index contributed by atoms with van der Waals surface area (Å²) in [5, 5.41) is 56.0. The van der Waals surface area contributed by atoms with E-state index in [4.69, 9.17) is 10.5 Å². The number of unbranched alkanes of at least 4 members (excludes halogenated alkanes) is 2. The molecule has 20 nitrogen and oxygen atoms in total. The van der Waals surface area contributed by atoms with Crippen LogP contribution in [0.2, 0.25) is 0 Å². The van der Waals surface area contributed by atoms with Gasteiger partial charge in [0.2, 0.25) is 35.4 Å². The lowest BCUT2D eigenvalue weighted by Gasteiger charge is -2.32. The molecule has 412 valence electrons. The molecule has 10 atom stereocenters. The lowest BCUT2D eigenvalue weighted by atomic mass is 9.99. The lowest BCUT2D eigenvalue weighted by Crippen LogP contribution is -2.61. The van der Waals surface area contributed by atoms with Crippen molar-refractivity contribution in [2.75, 3.05) is 26.2 Å². The Morgan fingerprint density at radius 3 is 1.83 bits per heavy atom. The van der Waals surface area contributed by atoms with Gasteiger partial charge >= 0.3 is 0 Å². The van der Waals surface area contributed by atoms with Crippen molar-refractivity contribution >= 4 is 41.4 Å². The van der Waals surface area contributed by atoms with Crippen LogP contribution in [0.1, 0.15) is 88.1 Å². The van der Waals surface area contributed by atoms with Crippen molar-refractivity contribution in [3.63, 3.8) is 0 Å². The maximum atomic E-state index is 14.4.